The molecule has 3 heterocycles. The first-order valence-electron chi connectivity index (χ1n) is 7.44. The molecule has 1 aliphatic rings. The lowest BCUT2D eigenvalue weighted by molar-refractivity contribution is -0.116. The fourth-order valence-corrected chi connectivity index (χ4v) is 2.43. The van der Waals surface area contributed by atoms with E-state index in [2.05, 4.69) is 15.5 Å². The van der Waals surface area contributed by atoms with E-state index in [1.165, 1.54) is 6.08 Å². The average molecular weight is 322 g/mol. The second kappa shape index (κ2) is 6.04. The molecular formula is C17H14N4O3. The molecule has 0 atom stereocenters. The van der Waals surface area contributed by atoms with Gasteiger partial charge in [0.15, 0.2) is 23.0 Å². The first-order chi connectivity index (χ1) is 11.8. The first kappa shape index (κ1) is 14.3. The minimum absolute atomic E-state index is 0.208. The highest BCUT2D eigenvalue weighted by Gasteiger charge is 2.12. The molecule has 0 spiro atoms. The standard InChI is InChI=1S/C17H14N4O3/c22-17(7-5-12-4-6-13-14(9-12)24-11-23-13)18-10-16-20-19-15-3-1-2-8-21(15)16/h1-9H,10-11H2,(H,18,22). The molecule has 0 unspecified atom stereocenters. The van der Waals surface area contributed by atoms with Gasteiger partial charge in [-0.1, -0.05) is 12.1 Å². The molecule has 0 bridgehead atoms. The maximum absolute atomic E-state index is 12.0. The van der Waals surface area contributed by atoms with Gasteiger partial charge in [0.1, 0.15) is 0 Å². The van der Waals surface area contributed by atoms with Crippen molar-refractivity contribution in [3.05, 3.63) is 60.1 Å². The van der Waals surface area contributed by atoms with Crippen molar-refractivity contribution in [2.24, 2.45) is 0 Å². The van der Waals surface area contributed by atoms with Crippen molar-refractivity contribution in [1.29, 1.82) is 0 Å². The fourth-order valence-electron chi connectivity index (χ4n) is 2.43. The molecule has 0 aliphatic carbocycles. The van der Waals surface area contributed by atoms with Gasteiger partial charge in [0.05, 0.1) is 6.54 Å². The number of carbonyl (C=O) groups excluding carboxylic acids is 1. The van der Waals surface area contributed by atoms with Gasteiger partial charge >= 0.3 is 0 Å². The van der Waals surface area contributed by atoms with Crippen molar-refractivity contribution < 1.29 is 14.3 Å². The lowest BCUT2D eigenvalue weighted by atomic mass is 10.2. The molecule has 1 amide bonds. The Hall–Kier alpha value is -3.35. The number of hydrogen-bond donors (Lipinski definition) is 1. The van der Waals surface area contributed by atoms with Crippen LogP contribution < -0.4 is 14.8 Å². The van der Waals surface area contributed by atoms with Gasteiger partial charge in [0.25, 0.3) is 0 Å². The summed E-state index contributed by atoms with van der Waals surface area (Å²) in [5.41, 5.74) is 1.61. The lowest BCUT2D eigenvalue weighted by Gasteiger charge is -2.01. The third-order valence-electron chi connectivity index (χ3n) is 3.63. The molecule has 1 N–H and O–H groups in total. The second-order valence-corrected chi connectivity index (χ2v) is 5.21. The predicted molar refractivity (Wildman–Crippen MR) is 86.4 cm³/mol. The summed E-state index contributed by atoms with van der Waals surface area (Å²) in [7, 11) is 0. The van der Waals surface area contributed by atoms with Gasteiger partial charge in [-0.05, 0) is 35.9 Å². The zero-order chi connectivity index (χ0) is 16.4. The van der Waals surface area contributed by atoms with E-state index in [0.29, 0.717) is 18.1 Å². The van der Waals surface area contributed by atoms with Crippen LogP contribution in [0.15, 0.2) is 48.7 Å². The van der Waals surface area contributed by atoms with Crippen LogP contribution in [0.25, 0.3) is 11.7 Å². The number of hydrogen-bond acceptors (Lipinski definition) is 5. The summed E-state index contributed by atoms with van der Waals surface area (Å²) in [4.78, 5) is 12.0. The summed E-state index contributed by atoms with van der Waals surface area (Å²) in [6.07, 6.45) is 5.05. The molecule has 0 saturated carbocycles. The highest BCUT2D eigenvalue weighted by molar-refractivity contribution is 5.91. The summed E-state index contributed by atoms with van der Waals surface area (Å²) >= 11 is 0. The van der Waals surface area contributed by atoms with E-state index >= 15 is 0 Å². The van der Waals surface area contributed by atoms with Gasteiger partial charge in [-0.15, -0.1) is 10.2 Å². The molecule has 1 aromatic carbocycles. The molecule has 2 aromatic heterocycles. The number of ether oxygens (including phenoxy) is 2. The molecule has 120 valence electrons. The van der Waals surface area contributed by atoms with Gasteiger partial charge in [-0.25, -0.2) is 0 Å². The largest absolute Gasteiger partial charge is 0.454 e. The van der Waals surface area contributed by atoms with Crippen molar-refractivity contribution in [3.8, 4) is 11.5 Å². The SMILES string of the molecule is O=C(C=Cc1ccc2c(c1)OCO2)NCc1nnc2ccccn12. The van der Waals surface area contributed by atoms with E-state index in [0.717, 1.165) is 17.0 Å². The molecule has 24 heavy (non-hydrogen) atoms. The predicted octanol–water partition coefficient (Wildman–Crippen LogP) is 1.79. The van der Waals surface area contributed by atoms with Crippen molar-refractivity contribution >= 4 is 17.6 Å². The number of carbonyl (C=O) groups is 1. The van der Waals surface area contributed by atoms with Crippen molar-refractivity contribution in [2.45, 2.75) is 6.54 Å². The maximum atomic E-state index is 12.0. The van der Waals surface area contributed by atoms with E-state index in [4.69, 9.17) is 9.47 Å². The second-order valence-electron chi connectivity index (χ2n) is 5.21. The summed E-state index contributed by atoms with van der Waals surface area (Å²) in [5.74, 6) is 1.87. The monoisotopic (exact) mass is 322 g/mol. The van der Waals surface area contributed by atoms with Crippen LogP contribution >= 0.6 is 0 Å². The average Bonchev–Trinajstić information content (AvgIpc) is 3.24. The van der Waals surface area contributed by atoms with Crippen molar-refractivity contribution in [1.82, 2.24) is 19.9 Å². The van der Waals surface area contributed by atoms with Gasteiger partial charge in [0.2, 0.25) is 12.7 Å². The Bertz CT molecular complexity index is 932. The zero-order valence-electron chi connectivity index (χ0n) is 12.7. The molecule has 7 nitrogen and oxygen atoms in total. The normalized spacial score (nSPS) is 12.8. The van der Waals surface area contributed by atoms with Gasteiger partial charge in [-0.2, -0.15) is 0 Å². The smallest absolute Gasteiger partial charge is 0.244 e. The third-order valence-corrected chi connectivity index (χ3v) is 3.63. The van der Waals surface area contributed by atoms with E-state index in [1.807, 2.05) is 47.0 Å². The number of rotatable bonds is 4. The Morgan fingerprint density at radius 2 is 2.12 bits per heavy atom. The topological polar surface area (TPSA) is 77.8 Å². The Kier molecular flexibility index (Phi) is 3.59. The van der Waals surface area contributed by atoms with E-state index in [1.54, 1.807) is 6.08 Å². The van der Waals surface area contributed by atoms with Crippen LogP contribution in [0.5, 0.6) is 11.5 Å². The van der Waals surface area contributed by atoms with Crippen molar-refractivity contribution in [3.63, 3.8) is 0 Å². The van der Waals surface area contributed by atoms with Crippen LogP contribution in [0.4, 0.5) is 0 Å². The van der Waals surface area contributed by atoms with Gasteiger partial charge in [-0.3, -0.25) is 9.20 Å². The summed E-state index contributed by atoms with van der Waals surface area (Å²) < 4.78 is 12.4. The molecule has 7 heteroatoms. The third kappa shape index (κ3) is 2.79. The highest BCUT2D eigenvalue weighted by Crippen LogP contribution is 2.32. The van der Waals surface area contributed by atoms with Gasteiger partial charge < -0.3 is 14.8 Å². The Morgan fingerprint density at radius 3 is 3.08 bits per heavy atom. The zero-order valence-corrected chi connectivity index (χ0v) is 12.7. The number of pyridine rings is 1. The number of amides is 1. The molecule has 0 saturated heterocycles. The van der Waals surface area contributed by atoms with Crippen LogP contribution in [0.3, 0.4) is 0 Å². The Balaban J connectivity index is 1.40. The van der Waals surface area contributed by atoms with Crippen LogP contribution in [-0.4, -0.2) is 27.3 Å². The minimum atomic E-state index is -0.208. The number of benzene rings is 1. The fraction of sp³-hybridized carbons (Fsp3) is 0.118. The van der Waals surface area contributed by atoms with Gasteiger partial charge in [0, 0.05) is 12.3 Å². The molecule has 1 aliphatic heterocycles. The summed E-state index contributed by atoms with van der Waals surface area (Å²) in [6, 6.07) is 11.2. The first-order valence-corrected chi connectivity index (χ1v) is 7.44. The summed E-state index contributed by atoms with van der Waals surface area (Å²) in [6.45, 7) is 0.533. The highest BCUT2D eigenvalue weighted by atomic mass is 16.7. The molecule has 0 fully saturated rings. The minimum Gasteiger partial charge on any atom is -0.454 e. The number of nitrogens with zero attached hydrogens (tertiary/aromatic N) is 3. The van der Waals surface area contributed by atoms with Crippen LogP contribution in [-0.2, 0) is 11.3 Å². The quantitative estimate of drug-likeness (QED) is 0.741. The number of aromatic nitrogens is 3. The maximum Gasteiger partial charge on any atom is 0.244 e. The molecular weight excluding hydrogens is 308 g/mol. The summed E-state index contributed by atoms with van der Waals surface area (Å²) in [5, 5.41) is 10.9. The lowest BCUT2D eigenvalue weighted by Crippen LogP contribution is -2.21. The van der Waals surface area contributed by atoms with E-state index < -0.39 is 0 Å². The number of nitrogens with one attached hydrogen (secondary N) is 1. The molecule has 4 rings (SSSR count). The number of fused-ring (bicyclic) bond motifs is 2. The van der Waals surface area contributed by atoms with Crippen molar-refractivity contribution in [2.75, 3.05) is 6.79 Å². The molecule has 3 aromatic rings. The van der Waals surface area contributed by atoms with Crippen LogP contribution in [0, 0.1) is 0 Å². The Morgan fingerprint density at radius 1 is 1.21 bits per heavy atom. The van der Waals surface area contributed by atoms with E-state index in [9.17, 15) is 4.79 Å². The van der Waals surface area contributed by atoms with E-state index in [-0.39, 0.29) is 12.7 Å². The molecule has 0 radical (unpaired) electrons. The van der Waals surface area contributed by atoms with Crippen LogP contribution in [0.1, 0.15) is 11.4 Å². The Labute approximate surface area is 137 Å². The van der Waals surface area contributed by atoms with Crippen LogP contribution in [0.2, 0.25) is 0 Å².